The van der Waals surface area contributed by atoms with E-state index in [2.05, 4.69) is 12.2 Å². The van der Waals surface area contributed by atoms with E-state index in [1.54, 1.807) is 17.0 Å². The Kier molecular flexibility index (Phi) is 5.19. The summed E-state index contributed by atoms with van der Waals surface area (Å²) in [5.41, 5.74) is 0.773. The molecule has 5 heteroatoms. The van der Waals surface area contributed by atoms with Crippen LogP contribution in [0.1, 0.15) is 6.92 Å². The zero-order valence-corrected chi connectivity index (χ0v) is 12.1. The predicted octanol–water partition coefficient (Wildman–Crippen LogP) is -0.918. The Morgan fingerprint density at radius 1 is 1.26 bits per heavy atom. The Bertz CT molecular complexity index is 430. The minimum absolute atomic E-state index is 0.0669. The minimum atomic E-state index is 0.0669. The van der Waals surface area contributed by atoms with Gasteiger partial charge in [-0.3, -0.25) is 4.79 Å². The van der Waals surface area contributed by atoms with Gasteiger partial charge in [0.25, 0.3) is 5.91 Å². The molecule has 1 fully saturated rings. The van der Waals surface area contributed by atoms with Crippen LogP contribution in [-0.2, 0) is 4.79 Å². The van der Waals surface area contributed by atoms with Crippen molar-refractivity contribution < 1.29 is 14.6 Å². The van der Waals surface area contributed by atoms with Crippen LogP contribution in [0.3, 0.4) is 0 Å². The number of halogens is 1. The second-order valence-corrected chi connectivity index (χ2v) is 5.53. The van der Waals surface area contributed by atoms with E-state index in [9.17, 15) is 4.79 Å². The second kappa shape index (κ2) is 6.89. The molecule has 4 nitrogen and oxygen atoms in total. The highest BCUT2D eigenvalue weighted by molar-refractivity contribution is 6.30. The Morgan fingerprint density at radius 3 is 2.58 bits per heavy atom. The highest BCUT2D eigenvalue weighted by atomic mass is 35.5. The van der Waals surface area contributed by atoms with Crippen molar-refractivity contribution in [3.63, 3.8) is 0 Å². The maximum Gasteiger partial charge on any atom is 0.279 e. The molecule has 0 atom stereocenters. The number of likely N-dealkylation sites (N-methyl/N-ethyl adjacent to an activating group) is 1. The summed E-state index contributed by atoms with van der Waals surface area (Å²) in [5, 5.41) is 3.55. The maximum absolute atomic E-state index is 12.0. The van der Waals surface area contributed by atoms with Gasteiger partial charge in [-0.05, 0) is 25.1 Å². The summed E-state index contributed by atoms with van der Waals surface area (Å²) in [5.74, 6) is 0.0669. The molecular formula is C14H22ClN3O+2. The number of nitrogens with one attached hydrogen (secondary N) is 3. The van der Waals surface area contributed by atoms with E-state index in [4.69, 9.17) is 11.6 Å². The van der Waals surface area contributed by atoms with E-state index in [0.29, 0.717) is 11.6 Å². The van der Waals surface area contributed by atoms with Crippen LogP contribution >= 0.6 is 11.6 Å². The number of amides is 1. The molecule has 2 rings (SSSR count). The molecule has 0 aliphatic carbocycles. The molecule has 1 aliphatic heterocycles. The van der Waals surface area contributed by atoms with Crippen LogP contribution in [-0.4, -0.2) is 45.2 Å². The number of benzene rings is 1. The molecule has 0 radical (unpaired) electrons. The van der Waals surface area contributed by atoms with Gasteiger partial charge in [0.15, 0.2) is 6.54 Å². The minimum Gasteiger partial charge on any atom is -0.326 e. The largest absolute Gasteiger partial charge is 0.326 e. The normalized spacial score (nSPS) is 23.1. The summed E-state index contributed by atoms with van der Waals surface area (Å²) in [6, 6.07) is 7.27. The molecule has 1 aliphatic rings. The number of carbonyl (C=O) groups excluding carboxylic acids is 1. The Labute approximate surface area is 119 Å². The molecule has 0 bridgehead atoms. The van der Waals surface area contributed by atoms with E-state index in [0.717, 1.165) is 31.9 Å². The van der Waals surface area contributed by atoms with Crippen molar-refractivity contribution in [1.82, 2.24) is 0 Å². The summed E-state index contributed by atoms with van der Waals surface area (Å²) in [6.45, 7) is 8.42. The molecule has 1 amide bonds. The van der Waals surface area contributed by atoms with Gasteiger partial charge in [-0.15, -0.1) is 0 Å². The molecular weight excluding hydrogens is 262 g/mol. The van der Waals surface area contributed by atoms with Crippen LogP contribution in [0.25, 0.3) is 0 Å². The van der Waals surface area contributed by atoms with E-state index in [-0.39, 0.29) is 5.91 Å². The zero-order valence-electron chi connectivity index (χ0n) is 11.3. The molecule has 1 aromatic rings. The topological polar surface area (TPSA) is 38.0 Å². The first-order chi connectivity index (χ1) is 9.17. The van der Waals surface area contributed by atoms with Gasteiger partial charge in [0.05, 0.1) is 6.54 Å². The van der Waals surface area contributed by atoms with Crippen LogP contribution in [0, 0.1) is 0 Å². The van der Waals surface area contributed by atoms with Crippen LogP contribution in [0.5, 0.6) is 0 Å². The van der Waals surface area contributed by atoms with E-state index in [1.165, 1.54) is 11.4 Å². The third-order valence-corrected chi connectivity index (χ3v) is 3.92. The molecule has 0 aromatic heterocycles. The van der Waals surface area contributed by atoms with Crippen molar-refractivity contribution in [1.29, 1.82) is 0 Å². The molecule has 1 saturated heterocycles. The van der Waals surface area contributed by atoms with Crippen molar-refractivity contribution in [3.05, 3.63) is 29.3 Å². The number of carbonyl (C=O) groups is 1. The molecule has 0 saturated carbocycles. The Hall–Kier alpha value is -1.10. The van der Waals surface area contributed by atoms with Gasteiger partial charge in [-0.1, -0.05) is 17.7 Å². The first kappa shape index (κ1) is 14.3. The average molecular weight is 284 g/mol. The number of anilines is 1. The van der Waals surface area contributed by atoms with Gasteiger partial charge in [-0.2, -0.15) is 0 Å². The van der Waals surface area contributed by atoms with Crippen molar-refractivity contribution in [2.45, 2.75) is 6.92 Å². The number of rotatable bonds is 4. The lowest BCUT2D eigenvalue weighted by Gasteiger charge is -2.28. The highest BCUT2D eigenvalue weighted by Gasteiger charge is 2.23. The van der Waals surface area contributed by atoms with Gasteiger partial charge >= 0.3 is 0 Å². The molecule has 1 heterocycles. The highest BCUT2D eigenvalue weighted by Crippen LogP contribution is 2.14. The van der Waals surface area contributed by atoms with Gasteiger partial charge in [-0.25, -0.2) is 0 Å². The van der Waals surface area contributed by atoms with E-state index in [1.807, 2.05) is 12.1 Å². The zero-order chi connectivity index (χ0) is 13.7. The Morgan fingerprint density at radius 2 is 1.95 bits per heavy atom. The summed E-state index contributed by atoms with van der Waals surface area (Å²) >= 11 is 5.89. The van der Waals surface area contributed by atoms with Crippen molar-refractivity contribution >= 4 is 23.2 Å². The summed E-state index contributed by atoms with van der Waals surface area (Å²) < 4.78 is 0. The smallest absolute Gasteiger partial charge is 0.279 e. The standard InChI is InChI=1S/C14H20ClN3O/c1-2-17-6-8-18(9-7-17)11-14(19)16-13-5-3-4-12(15)10-13/h3-5,10H,2,6-9,11H2,1H3,(H,16,19)/p+2. The fourth-order valence-electron chi connectivity index (χ4n) is 2.49. The second-order valence-electron chi connectivity index (χ2n) is 5.09. The molecule has 0 spiro atoms. The first-order valence-electron chi connectivity index (χ1n) is 6.90. The van der Waals surface area contributed by atoms with Gasteiger partial charge in [0.2, 0.25) is 0 Å². The first-order valence-corrected chi connectivity index (χ1v) is 7.27. The predicted molar refractivity (Wildman–Crippen MR) is 76.9 cm³/mol. The van der Waals surface area contributed by atoms with E-state index < -0.39 is 0 Å². The Balaban J connectivity index is 1.79. The third-order valence-electron chi connectivity index (χ3n) is 3.68. The maximum atomic E-state index is 12.0. The van der Waals surface area contributed by atoms with Crippen molar-refractivity contribution in [3.8, 4) is 0 Å². The van der Waals surface area contributed by atoms with Crippen LogP contribution in [0.2, 0.25) is 5.02 Å². The summed E-state index contributed by atoms with van der Waals surface area (Å²) in [6.07, 6.45) is 0. The van der Waals surface area contributed by atoms with Crippen LogP contribution < -0.4 is 15.1 Å². The SMILES string of the molecule is CC[NH+]1CC[NH+](CC(=O)Nc2cccc(Cl)c2)CC1. The number of quaternary nitrogens is 2. The fourth-order valence-corrected chi connectivity index (χ4v) is 2.68. The lowest BCUT2D eigenvalue weighted by atomic mass is 10.3. The van der Waals surface area contributed by atoms with Crippen molar-refractivity contribution in [2.75, 3.05) is 44.6 Å². The van der Waals surface area contributed by atoms with Crippen LogP contribution in [0.4, 0.5) is 5.69 Å². The molecule has 0 unspecified atom stereocenters. The number of piperazine rings is 1. The molecule has 3 N–H and O–H groups in total. The quantitative estimate of drug-likeness (QED) is 0.657. The monoisotopic (exact) mass is 283 g/mol. The lowest BCUT2D eigenvalue weighted by Crippen LogP contribution is -3.28. The van der Waals surface area contributed by atoms with Gasteiger partial charge in [0, 0.05) is 10.7 Å². The lowest BCUT2D eigenvalue weighted by molar-refractivity contribution is -1.01. The van der Waals surface area contributed by atoms with Gasteiger partial charge < -0.3 is 15.1 Å². The summed E-state index contributed by atoms with van der Waals surface area (Å²) in [7, 11) is 0. The van der Waals surface area contributed by atoms with Crippen molar-refractivity contribution in [2.24, 2.45) is 0 Å². The number of hydrogen-bond acceptors (Lipinski definition) is 1. The van der Waals surface area contributed by atoms with Gasteiger partial charge in [0.1, 0.15) is 26.2 Å². The third kappa shape index (κ3) is 4.49. The fraction of sp³-hybridized carbons (Fsp3) is 0.500. The van der Waals surface area contributed by atoms with Crippen LogP contribution in [0.15, 0.2) is 24.3 Å². The molecule has 19 heavy (non-hydrogen) atoms. The average Bonchev–Trinajstić information content (AvgIpc) is 2.39. The molecule has 104 valence electrons. The van der Waals surface area contributed by atoms with E-state index >= 15 is 0 Å². The summed E-state index contributed by atoms with van der Waals surface area (Å²) in [4.78, 5) is 15.0. The molecule has 1 aromatic carbocycles. The number of hydrogen-bond donors (Lipinski definition) is 3.